The molecule has 0 bridgehead atoms. The number of ether oxygens (including phenoxy) is 1. The zero-order chi connectivity index (χ0) is 63.5. The van der Waals surface area contributed by atoms with E-state index in [0.717, 1.165) is 51.4 Å². The van der Waals surface area contributed by atoms with Crippen LogP contribution in [0.2, 0.25) is 0 Å². The van der Waals surface area contributed by atoms with Gasteiger partial charge in [-0.05, 0) is 83.5 Å². The summed E-state index contributed by atoms with van der Waals surface area (Å²) < 4.78 is 5.50. The molecule has 0 aromatic carbocycles. The largest absolute Gasteiger partial charge is 0.466 e. The van der Waals surface area contributed by atoms with Crippen LogP contribution in [0.25, 0.3) is 0 Å². The zero-order valence-corrected chi connectivity index (χ0v) is 59.7. The van der Waals surface area contributed by atoms with Crippen LogP contribution in [0.1, 0.15) is 450 Å². The summed E-state index contributed by atoms with van der Waals surface area (Å²) in [4.78, 5) is 24.7. The van der Waals surface area contributed by atoms with Gasteiger partial charge < -0.3 is 20.3 Å². The van der Waals surface area contributed by atoms with Gasteiger partial charge in [-0.3, -0.25) is 9.59 Å². The fourth-order valence-electron chi connectivity index (χ4n) is 12.8. The highest BCUT2D eigenvalue weighted by molar-refractivity contribution is 5.76. The van der Waals surface area contributed by atoms with E-state index in [9.17, 15) is 19.8 Å². The van der Waals surface area contributed by atoms with Crippen molar-refractivity contribution in [2.75, 3.05) is 13.2 Å². The number of hydrogen-bond donors (Lipinski definition) is 3. The van der Waals surface area contributed by atoms with Crippen molar-refractivity contribution in [1.29, 1.82) is 0 Å². The van der Waals surface area contributed by atoms with E-state index in [1.54, 1.807) is 0 Å². The first kappa shape index (κ1) is 86.1. The lowest BCUT2D eigenvalue weighted by Crippen LogP contribution is -2.45. The summed E-state index contributed by atoms with van der Waals surface area (Å²) in [6.45, 7) is 4.97. The molecule has 0 aromatic heterocycles. The van der Waals surface area contributed by atoms with Gasteiger partial charge in [-0.25, -0.2) is 0 Å². The molecule has 0 fully saturated rings. The molecule has 88 heavy (non-hydrogen) atoms. The van der Waals surface area contributed by atoms with Gasteiger partial charge >= 0.3 is 5.97 Å². The molecule has 3 N–H and O–H groups in total. The van der Waals surface area contributed by atoms with Gasteiger partial charge in [-0.1, -0.05) is 391 Å². The molecule has 0 saturated heterocycles. The fraction of sp³-hybridized carbons (Fsp3) is 0.902. The number of aliphatic hydroxyl groups excluding tert-OH is 2. The summed E-state index contributed by atoms with van der Waals surface area (Å²) >= 11 is 0. The van der Waals surface area contributed by atoms with Crippen LogP contribution in [0.4, 0.5) is 0 Å². The quantitative estimate of drug-likeness (QED) is 0.0320. The topological polar surface area (TPSA) is 95.9 Å². The number of carbonyl (C=O) groups excluding carboxylic acids is 2. The third-order valence-corrected chi connectivity index (χ3v) is 18.9. The van der Waals surface area contributed by atoms with Gasteiger partial charge in [0, 0.05) is 12.8 Å². The van der Waals surface area contributed by atoms with Crippen molar-refractivity contribution >= 4 is 11.9 Å². The Morgan fingerprint density at radius 1 is 0.318 bits per heavy atom. The van der Waals surface area contributed by atoms with Crippen LogP contribution in [-0.4, -0.2) is 47.4 Å². The van der Waals surface area contributed by atoms with Gasteiger partial charge in [0.15, 0.2) is 0 Å². The van der Waals surface area contributed by atoms with Crippen LogP contribution < -0.4 is 5.32 Å². The summed E-state index contributed by atoms with van der Waals surface area (Å²) in [7, 11) is 0. The lowest BCUT2D eigenvalue weighted by Gasteiger charge is -2.22. The lowest BCUT2D eigenvalue weighted by molar-refractivity contribution is -0.143. The van der Waals surface area contributed by atoms with Crippen molar-refractivity contribution in [2.24, 2.45) is 0 Å². The molecule has 0 radical (unpaired) electrons. The van der Waals surface area contributed by atoms with E-state index in [-0.39, 0.29) is 18.5 Å². The number of allylic oxidation sites excluding steroid dienone is 6. The molecular weight excluding hydrogens is 1080 g/mol. The van der Waals surface area contributed by atoms with Gasteiger partial charge in [-0.2, -0.15) is 0 Å². The van der Waals surface area contributed by atoms with Crippen LogP contribution in [-0.2, 0) is 14.3 Å². The Bertz CT molecular complexity index is 1430. The Morgan fingerprint density at radius 2 is 0.568 bits per heavy atom. The highest BCUT2D eigenvalue weighted by Gasteiger charge is 2.20. The Balaban J connectivity index is 3.35. The number of rotatable bonds is 76. The van der Waals surface area contributed by atoms with E-state index in [4.69, 9.17) is 4.74 Å². The molecule has 2 atom stereocenters. The fourth-order valence-corrected chi connectivity index (χ4v) is 12.8. The van der Waals surface area contributed by atoms with Crippen LogP contribution in [0.5, 0.6) is 0 Å². The second kappa shape index (κ2) is 77.5. The van der Waals surface area contributed by atoms with Crippen LogP contribution in [0.3, 0.4) is 0 Å². The summed E-state index contributed by atoms with van der Waals surface area (Å²) in [5, 5.41) is 23.5. The second-order valence-electron chi connectivity index (χ2n) is 27.7. The van der Waals surface area contributed by atoms with Gasteiger partial charge in [0.1, 0.15) is 0 Å². The summed E-state index contributed by atoms with van der Waals surface area (Å²) in [5.74, 6) is -0.0152. The second-order valence-corrected chi connectivity index (χ2v) is 27.7. The van der Waals surface area contributed by atoms with Gasteiger partial charge in [0.05, 0.1) is 25.4 Å². The minimum Gasteiger partial charge on any atom is -0.466 e. The van der Waals surface area contributed by atoms with Crippen LogP contribution >= 0.6 is 0 Å². The molecule has 0 aromatic rings. The molecule has 1 amide bonds. The maximum Gasteiger partial charge on any atom is 0.305 e. The molecule has 0 aliphatic carbocycles. The van der Waals surface area contributed by atoms with Crippen molar-refractivity contribution in [3.05, 3.63) is 36.5 Å². The SMILES string of the molecule is CCCCC/C=C\C/C=C\CCCCCCCCCC(=O)OCCCCCCCCCCCCCC/C=C\CCCCCCCCCCCCCCCCCCCC(=O)NC(CO)C(O)CCCCCCCCCCCCCCCCCCCCCCC. The summed E-state index contributed by atoms with van der Waals surface area (Å²) in [5.41, 5.74) is 0. The zero-order valence-electron chi connectivity index (χ0n) is 59.7. The van der Waals surface area contributed by atoms with E-state index in [1.165, 1.54) is 366 Å². The highest BCUT2D eigenvalue weighted by Crippen LogP contribution is 2.20. The predicted molar refractivity (Wildman–Crippen MR) is 389 cm³/mol. The average Bonchev–Trinajstić information content (AvgIpc) is 3.58. The number of carbonyl (C=O) groups is 2. The average molecular weight is 1240 g/mol. The number of amides is 1. The van der Waals surface area contributed by atoms with E-state index in [0.29, 0.717) is 25.9 Å². The number of unbranched alkanes of at least 4 members (excludes halogenated alkanes) is 59. The molecule has 0 spiro atoms. The maximum atomic E-state index is 12.6. The van der Waals surface area contributed by atoms with Crippen LogP contribution in [0, 0.1) is 0 Å². The predicted octanol–water partition coefficient (Wildman–Crippen LogP) is 26.6. The Morgan fingerprint density at radius 3 is 0.898 bits per heavy atom. The molecule has 0 aliphatic heterocycles. The summed E-state index contributed by atoms with van der Waals surface area (Å²) in [6, 6.07) is -0.540. The monoisotopic (exact) mass is 1240 g/mol. The first-order chi connectivity index (χ1) is 43.5. The Kier molecular flexibility index (Phi) is 75.8. The van der Waals surface area contributed by atoms with Crippen molar-refractivity contribution in [3.63, 3.8) is 0 Å². The smallest absolute Gasteiger partial charge is 0.305 e. The minimum absolute atomic E-state index is 0.0117. The summed E-state index contributed by atoms with van der Waals surface area (Å²) in [6.07, 6.45) is 101. The molecule has 6 nitrogen and oxygen atoms in total. The number of esters is 1. The molecule has 0 saturated carbocycles. The van der Waals surface area contributed by atoms with Gasteiger partial charge in [-0.15, -0.1) is 0 Å². The molecule has 0 aliphatic rings. The third kappa shape index (κ3) is 73.1. The third-order valence-electron chi connectivity index (χ3n) is 18.9. The highest BCUT2D eigenvalue weighted by atomic mass is 16.5. The van der Waals surface area contributed by atoms with Gasteiger partial charge in [0.25, 0.3) is 0 Å². The Hall–Kier alpha value is -1.92. The van der Waals surface area contributed by atoms with Crippen molar-refractivity contribution in [3.8, 4) is 0 Å². The number of hydrogen-bond acceptors (Lipinski definition) is 5. The molecule has 6 heteroatoms. The van der Waals surface area contributed by atoms with E-state index >= 15 is 0 Å². The number of aliphatic hydroxyl groups is 2. The first-order valence-electron chi connectivity index (χ1n) is 40.2. The standard InChI is InChI=1S/C82H157NO5/c1-3-5-7-9-11-13-15-17-19-21-22-36-39-43-46-50-54-58-62-66-70-74-80(85)79(78-84)83-81(86)75-71-67-63-59-55-51-47-44-40-37-34-32-30-28-26-24-23-25-27-29-31-33-35-38-41-45-49-53-57-61-65-69-73-77-88-82(87)76-72-68-64-60-56-52-48-42-20-18-16-14-12-10-8-6-4-2/h12,14,18,20,27,29,79-80,84-85H,3-11,13,15-17,19,21-26,28,30-78H2,1-2H3,(H,83,86)/b14-12-,20-18-,29-27-. The number of nitrogens with one attached hydrogen (secondary N) is 1. The normalized spacial score (nSPS) is 12.6. The Labute approximate surface area is 551 Å². The first-order valence-corrected chi connectivity index (χ1v) is 40.2. The van der Waals surface area contributed by atoms with Crippen LogP contribution in [0.15, 0.2) is 36.5 Å². The molecule has 2 unspecified atom stereocenters. The van der Waals surface area contributed by atoms with E-state index in [2.05, 4.69) is 55.6 Å². The molecule has 0 heterocycles. The van der Waals surface area contributed by atoms with E-state index < -0.39 is 12.1 Å². The molecule has 0 rings (SSSR count). The minimum atomic E-state index is -0.663. The van der Waals surface area contributed by atoms with Crippen molar-refractivity contribution in [2.45, 2.75) is 463 Å². The van der Waals surface area contributed by atoms with Crippen molar-refractivity contribution in [1.82, 2.24) is 5.32 Å². The molecule has 520 valence electrons. The maximum absolute atomic E-state index is 12.6. The van der Waals surface area contributed by atoms with Gasteiger partial charge in [0.2, 0.25) is 5.91 Å². The van der Waals surface area contributed by atoms with Crippen molar-refractivity contribution < 1.29 is 24.5 Å². The molecular formula is C82H157NO5. The lowest BCUT2D eigenvalue weighted by atomic mass is 10.0. The van der Waals surface area contributed by atoms with E-state index in [1.807, 2.05) is 0 Å².